The molecular weight excluding hydrogens is 441 g/mol. The highest BCUT2D eigenvalue weighted by atomic mass is 32.2. The quantitative estimate of drug-likeness (QED) is 0.178. The van der Waals surface area contributed by atoms with Crippen molar-refractivity contribution in [2.24, 2.45) is 0 Å². The van der Waals surface area contributed by atoms with Gasteiger partial charge in [-0.25, -0.2) is 0 Å². The van der Waals surface area contributed by atoms with Crippen LogP contribution in [0.2, 0.25) is 0 Å². The van der Waals surface area contributed by atoms with Crippen LogP contribution in [0.25, 0.3) is 0 Å². The second-order valence-electron chi connectivity index (χ2n) is 6.83. The largest absolute Gasteiger partial charge is 0.379 e. The fourth-order valence-electron chi connectivity index (χ4n) is 2.01. The molecule has 0 bridgehead atoms. The summed E-state index contributed by atoms with van der Waals surface area (Å²) in [6.07, 6.45) is -0.0734. The number of hydrogen-bond acceptors (Lipinski definition) is 9. The lowest BCUT2D eigenvalue weighted by atomic mass is 10.2. The number of thiol groups is 4. The molecule has 9 heteroatoms. The van der Waals surface area contributed by atoms with Crippen molar-refractivity contribution in [2.45, 2.75) is 60.0 Å². The standard InChI is InChI=1S/C18H38O4S5/c1-13(23)7-19-5-6-27-18(12-21-9-15(3)25)17(22-10-16(4)26)11-20-8-14(2)24/h13-18,23-26H,5-12H2,1-4H3. The molecule has 4 nitrogen and oxygen atoms in total. The molecular formula is C18H38O4S5. The van der Waals surface area contributed by atoms with Crippen LogP contribution in [0.1, 0.15) is 27.7 Å². The van der Waals surface area contributed by atoms with E-state index in [0.717, 1.165) is 5.75 Å². The predicted octanol–water partition coefficient (Wildman–Crippen LogP) is 3.80. The van der Waals surface area contributed by atoms with Crippen LogP contribution >= 0.6 is 62.3 Å². The van der Waals surface area contributed by atoms with Gasteiger partial charge in [0, 0.05) is 26.8 Å². The Kier molecular flexibility index (Phi) is 19.4. The van der Waals surface area contributed by atoms with Crippen molar-refractivity contribution >= 4 is 62.3 Å². The van der Waals surface area contributed by atoms with E-state index < -0.39 is 0 Å². The van der Waals surface area contributed by atoms with Crippen LogP contribution in [0.5, 0.6) is 0 Å². The third-order valence-electron chi connectivity index (χ3n) is 3.17. The van der Waals surface area contributed by atoms with Gasteiger partial charge in [0.05, 0.1) is 57.6 Å². The van der Waals surface area contributed by atoms with Gasteiger partial charge < -0.3 is 18.9 Å². The molecule has 0 aliphatic heterocycles. The monoisotopic (exact) mass is 478 g/mol. The smallest absolute Gasteiger partial charge is 0.0949 e. The molecule has 0 aliphatic rings. The Morgan fingerprint density at radius 2 is 1.11 bits per heavy atom. The lowest BCUT2D eigenvalue weighted by molar-refractivity contribution is -0.0267. The highest BCUT2D eigenvalue weighted by Crippen LogP contribution is 2.20. The van der Waals surface area contributed by atoms with Crippen LogP contribution in [0.15, 0.2) is 0 Å². The van der Waals surface area contributed by atoms with E-state index in [2.05, 4.69) is 50.5 Å². The number of hydrogen-bond donors (Lipinski definition) is 4. The number of rotatable bonds is 18. The topological polar surface area (TPSA) is 36.9 Å². The molecule has 0 heterocycles. The second kappa shape index (κ2) is 18.4. The van der Waals surface area contributed by atoms with Crippen molar-refractivity contribution in [3.8, 4) is 0 Å². The molecule has 27 heavy (non-hydrogen) atoms. The normalized spacial score (nSPS) is 18.7. The van der Waals surface area contributed by atoms with Crippen LogP contribution in [0.4, 0.5) is 0 Å². The van der Waals surface area contributed by atoms with Gasteiger partial charge in [0.2, 0.25) is 0 Å². The molecule has 0 N–H and O–H groups in total. The van der Waals surface area contributed by atoms with Gasteiger partial charge in [-0.3, -0.25) is 0 Å². The minimum absolute atomic E-state index is 0.0734. The van der Waals surface area contributed by atoms with E-state index in [9.17, 15) is 0 Å². The summed E-state index contributed by atoms with van der Waals surface area (Å²) in [6.45, 7) is 12.3. The first-order valence-electron chi connectivity index (χ1n) is 9.41. The van der Waals surface area contributed by atoms with Crippen LogP contribution in [-0.2, 0) is 18.9 Å². The summed E-state index contributed by atoms with van der Waals surface area (Å²) in [7, 11) is 0. The van der Waals surface area contributed by atoms with E-state index in [1.165, 1.54) is 0 Å². The van der Waals surface area contributed by atoms with E-state index in [-0.39, 0.29) is 32.4 Å². The van der Waals surface area contributed by atoms with E-state index in [1.807, 2.05) is 27.7 Å². The van der Waals surface area contributed by atoms with E-state index >= 15 is 0 Å². The van der Waals surface area contributed by atoms with Crippen molar-refractivity contribution in [1.29, 1.82) is 0 Å². The summed E-state index contributed by atoms with van der Waals surface area (Å²) in [4.78, 5) is 0. The lowest BCUT2D eigenvalue weighted by Crippen LogP contribution is -2.37. The number of ether oxygens (including phenoxy) is 4. The summed E-state index contributed by atoms with van der Waals surface area (Å²) in [5, 5.41) is 0.958. The molecule has 0 saturated heterocycles. The molecule has 0 radical (unpaired) electrons. The lowest BCUT2D eigenvalue weighted by Gasteiger charge is -2.28. The van der Waals surface area contributed by atoms with Gasteiger partial charge in [0.25, 0.3) is 0 Å². The molecule has 0 fully saturated rings. The molecule has 6 atom stereocenters. The molecule has 0 aliphatic carbocycles. The third-order valence-corrected chi connectivity index (χ3v) is 5.03. The van der Waals surface area contributed by atoms with Gasteiger partial charge in [0.15, 0.2) is 0 Å². The van der Waals surface area contributed by atoms with E-state index in [0.29, 0.717) is 46.2 Å². The molecule has 0 spiro atoms. The fraction of sp³-hybridized carbons (Fsp3) is 1.00. The van der Waals surface area contributed by atoms with Crippen molar-refractivity contribution < 1.29 is 18.9 Å². The molecule has 0 amide bonds. The van der Waals surface area contributed by atoms with Crippen LogP contribution in [0, 0.1) is 0 Å². The zero-order chi connectivity index (χ0) is 20.7. The Labute approximate surface area is 192 Å². The molecule has 0 saturated carbocycles. The first-order valence-corrected chi connectivity index (χ1v) is 12.5. The van der Waals surface area contributed by atoms with Crippen molar-refractivity contribution in [2.75, 3.05) is 52.0 Å². The minimum Gasteiger partial charge on any atom is -0.379 e. The summed E-state index contributed by atoms with van der Waals surface area (Å²) in [6, 6.07) is 0. The molecule has 0 aromatic carbocycles. The Morgan fingerprint density at radius 3 is 1.63 bits per heavy atom. The minimum atomic E-state index is -0.0734. The first kappa shape index (κ1) is 28.6. The maximum Gasteiger partial charge on any atom is 0.0949 e. The maximum atomic E-state index is 6.10. The predicted molar refractivity (Wildman–Crippen MR) is 132 cm³/mol. The van der Waals surface area contributed by atoms with E-state index in [1.54, 1.807) is 11.8 Å². The van der Waals surface area contributed by atoms with Gasteiger partial charge in [0.1, 0.15) is 0 Å². The zero-order valence-electron chi connectivity index (χ0n) is 17.0. The number of thioether (sulfide) groups is 1. The highest BCUT2D eigenvalue weighted by molar-refractivity contribution is 8.00. The average molecular weight is 479 g/mol. The van der Waals surface area contributed by atoms with Crippen molar-refractivity contribution in [3.05, 3.63) is 0 Å². The average Bonchev–Trinajstić information content (AvgIpc) is 2.55. The Hall–Kier alpha value is 1.59. The van der Waals surface area contributed by atoms with Crippen LogP contribution in [0.3, 0.4) is 0 Å². The SMILES string of the molecule is CC(S)COCCSC(COCC(C)S)C(COCC(C)S)OCC(C)S. The molecule has 164 valence electrons. The molecule has 0 aromatic rings. The summed E-state index contributed by atoms with van der Waals surface area (Å²) >= 11 is 19.3. The highest BCUT2D eigenvalue weighted by Gasteiger charge is 2.24. The van der Waals surface area contributed by atoms with Gasteiger partial charge in [-0.05, 0) is 0 Å². The van der Waals surface area contributed by atoms with Gasteiger partial charge in [-0.2, -0.15) is 62.3 Å². The van der Waals surface area contributed by atoms with Crippen molar-refractivity contribution in [3.63, 3.8) is 0 Å². The summed E-state index contributed by atoms with van der Waals surface area (Å²) < 4.78 is 23.4. The first-order chi connectivity index (χ1) is 12.7. The van der Waals surface area contributed by atoms with E-state index in [4.69, 9.17) is 18.9 Å². The summed E-state index contributed by atoms with van der Waals surface area (Å²) in [5.74, 6) is 0.865. The summed E-state index contributed by atoms with van der Waals surface area (Å²) in [5.41, 5.74) is 0. The Bertz CT molecular complexity index is 333. The van der Waals surface area contributed by atoms with Crippen LogP contribution < -0.4 is 0 Å². The second-order valence-corrected chi connectivity index (χ2v) is 11.7. The Morgan fingerprint density at radius 1 is 0.630 bits per heavy atom. The molecule has 0 aromatic heterocycles. The zero-order valence-corrected chi connectivity index (χ0v) is 21.3. The van der Waals surface area contributed by atoms with Gasteiger partial charge >= 0.3 is 0 Å². The maximum absolute atomic E-state index is 6.10. The third kappa shape index (κ3) is 19.3. The fourth-order valence-corrected chi connectivity index (χ4v) is 3.49. The molecule has 0 rings (SSSR count). The molecule has 6 unspecified atom stereocenters. The van der Waals surface area contributed by atoms with Crippen LogP contribution in [-0.4, -0.2) is 84.4 Å². The van der Waals surface area contributed by atoms with Gasteiger partial charge in [-0.15, -0.1) is 0 Å². The van der Waals surface area contributed by atoms with Gasteiger partial charge in [-0.1, -0.05) is 27.7 Å². The van der Waals surface area contributed by atoms with Crippen molar-refractivity contribution in [1.82, 2.24) is 0 Å². The Balaban J connectivity index is 4.66.